The van der Waals surface area contributed by atoms with Gasteiger partial charge in [0.2, 0.25) is 0 Å². The number of piperidine rings is 1. The highest BCUT2D eigenvalue weighted by Gasteiger charge is 2.44. The number of halogens is 1. The van der Waals surface area contributed by atoms with E-state index in [0.717, 1.165) is 73.6 Å². The monoisotopic (exact) mass is 534 g/mol. The van der Waals surface area contributed by atoms with Crippen LogP contribution in [0, 0.1) is 18.2 Å². The number of aryl methyl sites for hydroxylation is 1. The van der Waals surface area contributed by atoms with Crippen LogP contribution >= 0.6 is 11.3 Å². The smallest absolute Gasteiger partial charge is 0.319 e. The first kappa shape index (κ1) is 26.5. The van der Waals surface area contributed by atoms with Crippen LogP contribution in [-0.2, 0) is 6.54 Å². The molecule has 2 N–H and O–H groups in total. The van der Waals surface area contributed by atoms with Crippen molar-refractivity contribution in [3.8, 4) is 10.6 Å². The Labute approximate surface area is 227 Å². The standard InChI is InChI=1S/C30H35FN4O2S/c1-20-27(21(2)36)38-28(32-20)23-7-5-8-25(17-23)33-29(37)34-26-9-3-4-14-30(26)15-6-16-35(19-30)18-22-10-12-24(31)13-11-22/h5,7-8,10-13,17,26H,3-4,6,9,14-16,18-19H2,1-2H3,(H2,33,34,37). The van der Waals surface area contributed by atoms with Crippen LogP contribution in [0.1, 0.15) is 66.4 Å². The van der Waals surface area contributed by atoms with Gasteiger partial charge in [0.15, 0.2) is 5.78 Å². The molecule has 2 atom stereocenters. The molecule has 1 aliphatic heterocycles. The number of hydrogen-bond acceptors (Lipinski definition) is 5. The molecule has 2 fully saturated rings. The molecular weight excluding hydrogens is 499 g/mol. The van der Waals surface area contributed by atoms with E-state index in [2.05, 4.69) is 20.5 Å². The Morgan fingerprint density at radius 2 is 1.92 bits per heavy atom. The van der Waals surface area contributed by atoms with Gasteiger partial charge in [-0.1, -0.05) is 37.1 Å². The second-order valence-electron chi connectivity index (χ2n) is 10.8. The summed E-state index contributed by atoms with van der Waals surface area (Å²) in [6.45, 7) is 6.16. The van der Waals surface area contributed by atoms with Crippen molar-refractivity contribution >= 4 is 28.8 Å². The summed E-state index contributed by atoms with van der Waals surface area (Å²) >= 11 is 1.38. The van der Waals surface area contributed by atoms with E-state index in [1.165, 1.54) is 29.9 Å². The van der Waals surface area contributed by atoms with Crippen LogP contribution in [0.15, 0.2) is 48.5 Å². The molecule has 6 nitrogen and oxygen atoms in total. The summed E-state index contributed by atoms with van der Waals surface area (Å²) in [5, 5.41) is 7.13. The number of thiazole rings is 1. The maximum absolute atomic E-state index is 13.4. The lowest BCUT2D eigenvalue weighted by molar-refractivity contribution is 0.0234. The Hall–Kier alpha value is -3.10. The van der Waals surface area contributed by atoms with Gasteiger partial charge in [-0.05, 0) is 69.0 Å². The second-order valence-corrected chi connectivity index (χ2v) is 11.8. The lowest BCUT2D eigenvalue weighted by Crippen LogP contribution is -2.57. The minimum atomic E-state index is -0.209. The van der Waals surface area contributed by atoms with Crippen LogP contribution in [0.2, 0.25) is 0 Å². The molecule has 1 saturated heterocycles. The van der Waals surface area contributed by atoms with E-state index in [4.69, 9.17) is 0 Å². The van der Waals surface area contributed by atoms with Crippen LogP contribution in [-0.4, -0.2) is 40.8 Å². The molecule has 0 radical (unpaired) electrons. The van der Waals surface area contributed by atoms with E-state index in [0.29, 0.717) is 10.6 Å². The van der Waals surface area contributed by atoms with Gasteiger partial charge in [0.25, 0.3) is 0 Å². The number of amides is 2. The maximum Gasteiger partial charge on any atom is 0.319 e. The molecule has 2 aromatic carbocycles. The molecule has 2 heterocycles. The predicted molar refractivity (Wildman–Crippen MR) is 150 cm³/mol. The minimum absolute atomic E-state index is 0.0141. The highest BCUT2D eigenvalue weighted by Crippen LogP contribution is 2.44. The summed E-state index contributed by atoms with van der Waals surface area (Å²) in [7, 11) is 0. The topological polar surface area (TPSA) is 74.3 Å². The quantitative estimate of drug-likeness (QED) is 0.341. The highest BCUT2D eigenvalue weighted by atomic mass is 32.1. The highest BCUT2D eigenvalue weighted by molar-refractivity contribution is 7.17. The molecule has 2 amide bonds. The van der Waals surface area contributed by atoms with E-state index < -0.39 is 0 Å². The van der Waals surface area contributed by atoms with Crippen LogP contribution in [0.3, 0.4) is 0 Å². The van der Waals surface area contributed by atoms with Gasteiger partial charge >= 0.3 is 6.03 Å². The summed E-state index contributed by atoms with van der Waals surface area (Å²) in [6, 6.07) is 14.3. The Bertz CT molecular complexity index is 1300. The summed E-state index contributed by atoms with van der Waals surface area (Å²) in [5.74, 6) is -0.195. The molecule has 1 spiro atoms. The van der Waals surface area contributed by atoms with Gasteiger partial charge in [-0.3, -0.25) is 9.69 Å². The molecule has 1 aromatic heterocycles. The number of aromatic nitrogens is 1. The van der Waals surface area contributed by atoms with E-state index in [1.54, 1.807) is 6.92 Å². The van der Waals surface area contributed by atoms with Gasteiger partial charge in [0.05, 0.1) is 10.6 Å². The molecular formula is C30H35FN4O2S. The SMILES string of the molecule is CC(=O)c1sc(-c2cccc(NC(=O)NC3CCCCC34CCCN(Cc3ccc(F)cc3)C4)c2)nc1C. The van der Waals surface area contributed by atoms with E-state index >= 15 is 0 Å². The number of anilines is 1. The lowest BCUT2D eigenvalue weighted by Gasteiger charge is -2.50. The largest absolute Gasteiger partial charge is 0.335 e. The molecule has 5 rings (SSSR count). The Kier molecular flexibility index (Phi) is 7.91. The van der Waals surface area contributed by atoms with Gasteiger partial charge in [-0.2, -0.15) is 0 Å². The first-order chi connectivity index (χ1) is 18.3. The Balaban J connectivity index is 1.25. The van der Waals surface area contributed by atoms with Crippen molar-refractivity contribution in [2.45, 2.75) is 65.0 Å². The first-order valence-corrected chi connectivity index (χ1v) is 14.3. The normalized spacial score (nSPS) is 21.8. The van der Waals surface area contributed by atoms with E-state index in [-0.39, 0.29) is 29.1 Å². The molecule has 8 heteroatoms. The van der Waals surface area contributed by atoms with Crippen molar-refractivity contribution in [2.75, 3.05) is 18.4 Å². The fourth-order valence-electron chi connectivity index (χ4n) is 6.16. The molecule has 2 aliphatic rings. The third-order valence-corrected chi connectivity index (χ3v) is 9.26. The molecule has 3 aromatic rings. The first-order valence-electron chi connectivity index (χ1n) is 13.4. The molecule has 2 unspecified atom stereocenters. The zero-order valence-corrected chi connectivity index (χ0v) is 22.9. The lowest BCUT2D eigenvalue weighted by atomic mass is 9.65. The summed E-state index contributed by atoms with van der Waals surface area (Å²) < 4.78 is 13.4. The number of benzene rings is 2. The molecule has 0 bridgehead atoms. The summed E-state index contributed by atoms with van der Waals surface area (Å²) in [5.41, 5.74) is 3.48. The van der Waals surface area contributed by atoms with E-state index in [1.807, 2.05) is 43.3 Å². The van der Waals surface area contributed by atoms with Crippen LogP contribution < -0.4 is 10.6 Å². The van der Waals surface area contributed by atoms with Crippen molar-refractivity contribution in [2.24, 2.45) is 5.41 Å². The third-order valence-electron chi connectivity index (χ3n) is 7.95. The van der Waals surface area contributed by atoms with E-state index in [9.17, 15) is 14.0 Å². The summed E-state index contributed by atoms with van der Waals surface area (Å²) in [4.78, 5) is 32.7. The molecule has 200 valence electrons. The fourth-order valence-corrected chi connectivity index (χ4v) is 7.12. The fraction of sp³-hybridized carbons (Fsp3) is 0.433. The Morgan fingerprint density at radius 3 is 2.68 bits per heavy atom. The number of hydrogen-bond donors (Lipinski definition) is 2. The van der Waals surface area contributed by atoms with Gasteiger partial charge in [-0.15, -0.1) is 11.3 Å². The molecule has 1 aliphatic carbocycles. The number of Topliss-reactive ketones (excluding diaryl/α,β-unsaturated/α-hetero) is 1. The van der Waals surface area contributed by atoms with Crippen molar-refractivity contribution < 1.29 is 14.0 Å². The van der Waals surface area contributed by atoms with Gasteiger partial charge in [0, 0.05) is 42.7 Å². The van der Waals surface area contributed by atoms with Gasteiger partial charge < -0.3 is 10.6 Å². The number of carbonyl (C=O) groups excluding carboxylic acids is 2. The van der Waals surface area contributed by atoms with Crippen LogP contribution in [0.5, 0.6) is 0 Å². The average Bonchev–Trinajstić information content (AvgIpc) is 3.29. The number of likely N-dealkylation sites (tertiary alicyclic amines) is 1. The third kappa shape index (κ3) is 5.97. The van der Waals surface area contributed by atoms with Crippen molar-refractivity contribution in [3.63, 3.8) is 0 Å². The van der Waals surface area contributed by atoms with Gasteiger partial charge in [0.1, 0.15) is 10.8 Å². The van der Waals surface area contributed by atoms with Crippen molar-refractivity contribution in [1.82, 2.24) is 15.2 Å². The average molecular weight is 535 g/mol. The summed E-state index contributed by atoms with van der Waals surface area (Å²) in [6.07, 6.45) is 6.58. The number of rotatable bonds is 6. The zero-order valence-electron chi connectivity index (χ0n) is 22.1. The Morgan fingerprint density at radius 1 is 1.13 bits per heavy atom. The van der Waals surface area contributed by atoms with Crippen LogP contribution in [0.25, 0.3) is 10.6 Å². The van der Waals surface area contributed by atoms with Crippen molar-refractivity contribution in [1.29, 1.82) is 0 Å². The molecule has 1 saturated carbocycles. The predicted octanol–water partition coefficient (Wildman–Crippen LogP) is 6.81. The zero-order chi connectivity index (χ0) is 26.7. The number of nitrogens with one attached hydrogen (secondary N) is 2. The number of nitrogens with zero attached hydrogens (tertiary/aromatic N) is 2. The number of carbonyl (C=O) groups is 2. The number of ketones is 1. The number of urea groups is 1. The maximum atomic E-state index is 13.4. The van der Waals surface area contributed by atoms with Crippen LogP contribution in [0.4, 0.5) is 14.9 Å². The van der Waals surface area contributed by atoms with Gasteiger partial charge in [-0.25, -0.2) is 14.2 Å². The molecule has 38 heavy (non-hydrogen) atoms. The second kappa shape index (κ2) is 11.3. The van der Waals surface area contributed by atoms with Crippen molar-refractivity contribution in [3.05, 3.63) is 70.5 Å². The minimum Gasteiger partial charge on any atom is -0.335 e.